The molecule has 0 aliphatic heterocycles. The molecule has 1 N–H and O–H groups in total. The van der Waals surface area contributed by atoms with Gasteiger partial charge >= 0.3 is 0 Å². The third-order valence-electron chi connectivity index (χ3n) is 2.96. The number of anilines is 1. The molecule has 0 saturated carbocycles. The molecule has 0 unspecified atom stereocenters. The Balaban J connectivity index is 1.56. The van der Waals surface area contributed by atoms with Crippen LogP contribution in [0.25, 0.3) is 0 Å². The molecule has 0 radical (unpaired) electrons. The van der Waals surface area contributed by atoms with E-state index in [4.69, 9.17) is 4.74 Å². The van der Waals surface area contributed by atoms with E-state index in [9.17, 15) is 0 Å². The van der Waals surface area contributed by atoms with Crippen LogP contribution < -0.4 is 5.32 Å². The molecule has 0 saturated heterocycles. The summed E-state index contributed by atoms with van der Waals surface area (Å²) in [4.78, 5) is 0. The largest absolute Gasteiger partial charge is 0.385 e. The fourth-order valence-electron chi connectivity index (χ4n) is 1.84. The van der Waals surface area contributed by atoms with Crippen molar-refractivity contribution in [1.82, 2.24) is 0 Å². The minimum Gasteiger partial charge on any atom is -0.385 e. The standard InChI is InChI=1S/C17H21NO/c1-15-8-10-16(11-9-15)14-19-13-5-12-18-17-6-3-2-4-7-17/h2-4,6-11,18H,5,12-14H2,1H3. The van der Waals surface area contributed by atoms with Crippen molar-refractivity contribution in [3.05, 3.63) is 65.7 Å². The average Bonchev–Trinajstić information content (AvgIpc) is 2.46. The molecular formula is C17H21NO. The summed E-state index contributed by atoms with van der Waals surface area (Å²) in [7, 11) is 0. The highest BCUT2D eigenvalue weighted by Crippen LogP contribution is 2.06. The normalized spacial score (nSPS) is 10.4. The van der Waals surface area contributed by atoms with Gasteiger partial charge in [-0.05, 0) is 31.0 Å². The quantitative estimate of drug-likeness (QED) is 0.755. The number of ether oxygens (including phenoxy) is 1. The summed E-state index contributed by atoms with van der Waals surface area (Å²) in [5, 5.41) is 3.37. The topological polar surface area (TPSA) is 21.3 Å². The number of hydrogen-bond donors (Lipinski definition) is 1. The molecule has 0 aromatic heterocycles. The lowest BCUT2D eigenvalue weighted by Crippen LogP contribution is -2.05. The van der Waals surface area contributed by atoms with Gasteiger partial charge in [-0.3, -0.25) is 0 Å². The number of para-hydroxylation sites is 1. The maximum Gasteiger partial charge on any atom is 0.0716 e. The van der Waals surface area contributed by atoms with Crippen LogP contribution in [0.4, 0.5) is 5.69 Å². The van der Waals surface area contributed by atoms with Crippen molar-refractivity contribution in [3.8, 4) is 0 Å². The number of hydrogen-bond acceptors (Lipinski definition) is 2. The van der Waals surface area contributed by atoms with E-state index in [1.54, 1.807) is 0 Å². The Labute approximate surface area is 115 Å². The molecule has 0 atom stereocenters. The van der Waals surface area contributed by atoms with E-state index in [-0.39, 0.29) is 0 Å². The first kappa shape index (κ1) is 13.6. The van der Waals surface area contributed by atoms with Crippen LogP contribution in [0, 0.1) is 6.92 Å². The molecule has 0 bridgehead atoms. The van der Waals surface area contributed by atoms with Gasteiger partial charge in [-0.2, -0.15) is 0 Å². The number of rotatable bonds is 7. The molecule has 100 valence electrons. The van der Waals surface area contributed by atoms with Gasteiger partial charge in [-0.25, -0.2) is 0 Å². The Bertz CT molecular complexity index is 464. The van der Waals surface area contributed by atoms with E-state index in [1.807, 2.05) is 18.2 Å². The number of benzene rings is 2. The fraction of sp³-hybridized carbons (Fsp3) is 0.294. The van der Waals surface area contributed by atoms with Gasteiger partial charge in [-0.1, -0.05) is 48.0 Å². The fourth-order valence-corrected chi connectivity index (χ4v) is 1.84. The minimum absolute atomic E-state index is 0.700. The van der Waals surface area contributed by atoms with Gasteiger partial charge in [0.1, 0.15) is 0 Å². The number of nitrogens with one attached hydrogen (secondary N) is 1. The molecule has 2 nitrogen and oxygen atoms in total. The summed E-state index contributed by atoms with van der Waals surface area (Å²) in [6, 6.07) is 18.7. The van der Waals surface area contributed by atoms with E-state index < -0.39 is 0 Å². The van der Waals surface area contributed by atoms with Crippen molar-refractivity contribution in [2.75, 3.05) is 18.5 Å². The van der Waals surface area contributed by atoms with Crippen molar-refractivity contribution < 1.29 is 4.74 Å². The molecule has 0 spiro atoms. The first-order valence-corrected chi connectivity index (χ1v) is 6.77. The molecular weight excluding hydrogens is 234 g/mol. The van der Waals surface area contributed by atoms with Gasteiger partial charge < -0.3 is 10.1 Å². The van der Waals surface area contributed by atoms with Crippen molar-refractivity contribution >= 4 is 5.69 Å². The second kappa shape index (κ2) is 7.59. The van der Waals surface area contributed by atoms with Crippen LogP contribution in [0.15, 0.2) is 54.6 Å². The predicted octanol–water partition coefficient (Wildman–Crippen LogP) is 4.01. The van der Waals surface area contributed by atoms with E-state index in [2.05, 4.69) is 48.6 Å². The Morgan fingerprint density at radius 3 is 2.42 bits per heavy atom. The van der Waals surface area contributed by atoms with Crippen molar-refractivity contribution in [3.63, 3.8) is 0 Å². The molecule has 0 amide bonds. The third-order valence-corrected chi connectivity index (χ3v) is 2.96. The van der Waals surface area contributed by atoms with Crippen LogP contribution >= 0.6 is 0 Å². The van der Waals surface area contributed by atoms with Gasteiger partial charge in [0.15, 0.2) is 0 Å². The molecule has 0 aliphatic rings. The summed E-state index contributed by atoms with van der Waals surface area (Å²) in [6.45, 7) is 4.52. The van der Waals surface area contributed by atoms with Crippen LogP contribution in [0.2, 0.25) is 0 Å². The molecule has 0 fully saturated rings. The zero-order chi connectivity index (χ0) is 13.3. The monoisotopic (exact) mass is 255 g/mol. The zero-order valence-corrected chi connectivity index (χ0v) is 11.4. The van der Waals surface area contributed by atoms with Gasteiger partial charge in [0, 0.05) is 18.8 Å². The van der Waals surface area contributed by atoms with Gasteiger partial charge in [0.2, 0.25) is 0 Å². The zero-order valence-electron chi connectivity index (χ0n) is 11.4. The van der Waals surface area contributed by atoms with Gasteiger partial charge in [0.05, 0.1) is 6.61 Å². The lowest BCUT2D eigenvalue weighted by molar-refractivity contribution is 0.120. The van der Waals surface area contributed by atoms with Crippen LogP contribution in [-0.4, -0.2) is 13.2 Å². The summed E-state index contributed by atoms with van der Waals surface area (Å²) in [5.41, 5.74) is 3.69. The van der Waals surface area contributed by atoms with Crippen LogP contribution in [0.1, 0.15) is 17.5 Å². The van der Waals surface area contributed by atoms with Crippen molar-refractivity contribution in [2.45, 2.75) is 20.0 Å². The third kappa shape index (κ3) is 5.14. The summed E-state index contributed by atoms with van der Waals surface area (Å²) >= 11 is 0. The highest BCUT2D eigenvalue weighted by Gasteiger charge is 1.94. The first-order chi connectivity index (χ1) is 9.34. The Morgan fingerprint density at radius 1 is 0.947 bits per heavy atom. The smallest absolute Gasteiger partial charge is 0.0716 e. The summed E-state index contributed by atoms with van der Waals surface area (Å²) in [5.74, 6) is 0. The Morgan fingerprint density at radius 2 is 1.68 bits per heavy atom. The molecule has 2 aromatic rings. The van der Waals surface area contributed by atoms with Crippen molar-refractivity contribution in [2.24, 2.45) is 0 Å². The molecule has 0 heterocycles. The van der Waals surface area contributed by atoms with E-state index >= 15 is 0 Å². The van der Waals surface area contributed by atoms with Crippen LogP contribution in [0.3, 0.4) is 0 Å². The first-order valence-electron chi connectivity index (χ1n) is 6.77. The molecule has 19 heavy (non-hydrogen) atoms. The highest BCUT2D eigenvalue weighted by atomic mass is 16.5. The van der Waals surface area contributed by atoms with E-state index in [0.29, 0.717) is 6.61 Å². The second-order valence-electron chi connectivity index (χ2n) is 4.68. The second-order valence-corrected chi connectivity index (χ2v) is 4.68. The van der Waals surface area contributed by atoms with E-state index in [1.165, 1.54) is 16.8 Å². The predicted molar refractivity (Wildman–Crippen MR) is 80.4 cm³/mol. The maximum absolute atomic E-state index is 5.66. The van der Waals surface area contributed by atoms with Crippen LogP contribution in [0.5, 0.6) is 0 Å². The van der Waals surface area contributed by atoms with Gasteiger partial charge in [-0.15, -0.1) is 0 Å². The lowest BCUT2D eigenvalue weighted by atomic mass is 10.2. The highest BCUT2D eigenvalue weighted by molar-refractivity contribution is 5.42. The summed E-state index contributed by atoms with van der Waals surface area (Å²) < 4.78 is 5.66. The van der Waals surface area contributed by atoms with Crippen molar-refractivity contribution in [1.29, 1.82) is 0 Å². The maximum atomic E-state index is 5.66. The molecule has 2 heteroatoms. The Kier molecular flexibility index (Phi) is 5.45. The number of aryl methyl sites for hydroxylation is 1. The van der Waals surface area contributed by atoms with E-state index in [0.717, 1.165) is 19.6 Å². The average molecular weight is 255 g/mol. The van der Waals surface area contributed by atoms with Crippen LogP contribution in [-0.2, 0) is 11.3 Å². The molecule has 2 aromatic carbocycles. The Hall–Kier alpha value is -1.80. The summed E-state index contributed by atoms with van der Waals surface area (Å²) in [6.07, 6.45) is 1.01. The molecule has 0 aliphatic carbocycles. The van der Waals surface area contributed by atoms with Gasteiger partial charge in [0.25, 0.3) is 0 Å². The minimum atomic E-state index is 0.700. The lowest BCUT2D eigenvalue weighted by Gasteiger charge is -2.07. The molecule has 2 rings (SSSR count). The SMILES string of the molecule is Cc1ccc(COCCCNc2ccccc2)cc1.